The molecule has 8 heteroatoms. The molecular weight excluding hydrogens is 225 g/mol. The van der Waals surface area contributed by atoms with Crippen LogP contribution in [0.5, 0.6) is 0 Å². The number of methoxy groups -OCH3 is 1. The summed E-state index contributed by atoms with van der Waals surface area (Å²) in [7, 11) is -0.720. The third-order valence-corrected chi connectivity index (χ3v) is 2.80. The average Bonchev–Trinajstić information content (AvgIpc) is 2.32. The molecule has 1 N–H and O–H groups in total. The van der Waals surface area contributed by atoms with Crippen LogP contribution in [0, 0.1) is 0 Å². The molecule has 0 aromatic heterocycles. The predicted molar refractivity (Wildman–Crippen MR) is 54.6 cm³/mol. The van der Waals surface area contributed by atoms with Gasteiger partial charge in [0, 0.05) is 13.8 Å². The van der Waals surface area contributed by atoms with Crippen LogP contribution >= 0.6 is 7.60 Å². The van der Waals surface area contributed by atoms with Crippen LogP contribution in [0.15, 0.2) is 0 Å². The molecule has 0 radical (unpaired) electrons. The van der Waals surface area contributed by atoms with Crippen LogP contribution in [0.4, 0.5) is 4.39 Å². The Morgan fingerprint density at radius 2 is 2.27 bits per heavy atom. The number of halogens is 1. The fourth-order valence-electron chi connectivity index (χ4n) is 1.55. The van der Waals surface area contributed by atoms with E-state index < -0.39 is 32.0 Å². The zero-order valence-electron chi connectivity index (χ0n) is 8.92. The second kappa shape index (κ2) is 4.93. The Balaban J connectivity index is 2.68. The molecule has 0 spiro atoms. The van der Waals surface area contributed by atoms with E-state index in [0.29, 0.717) is 0 Å². The van der Waals surface area contributed by atoms with Crippen molar-refractivity contribution in [1.29, 1.82) is 0 Å². The van der Waals surface area contributed by atoms with Crippen molar-refractivity contribution >= 4 is 15.4 Å². The van der Waals surface area contributed by atoms with Gasteiger partial charge in [0.25, 0.3) is 0 Å². The highest BCUT2D eigenvalue weighted by molar-refractivity contribution is 7.51. The standard InChI is InChI=1S/C7H15BFO5P/c1-12-3-4-6(14-15(2,10)11)5(9)7(8)13-4/h4-7H,3,8H2,1-2H3,(H,10,11)/t4-,5?,6+,7-/m1/s1. The lowest BCUT2D eigenvalue weighted by Gasteiger charge is -2.20. The minimum absolute atomic E-state index is 0.134. The van der Waals surface area contributed by atoms with Gasteiger partial charge in [-0.1, -0.05) is 0 Å². The highest BCUT2D eigenvalue weighted by Gasteiger charge is 2.45. The molecule has 0 aliphatic carbocycles. The molecule has 0 amide bonds. The monoisotopic (exact) mass is 240 g/mol. The van der Waals surface area contributed by atoms with E-state index in [1.807, 2.05) is 0 Å². The maximum Gasteiger partial charge on any atom is 0.325 e. The van der Waals surface area contributed by atoms with Crippen molar-refractivity contribution in [2.45, 2.75) is 24.4 Å². The van der Waals surface area contributed by atoms with Crippen LogP contribution in [0.2, 0.25) is 0 Å². The summed E-state index contributed by atoms with van der Waals surface area (Å²) in [6, 6.07) is -0.651. The first-order chi connectivity index (χ1) is 6.85. The first-order valence-corrected chi connectivity index (χ1v) is 6.64. The zero-order chi connectivity index (χ0) is 11.6. The second-order valence-corrected chi connectivity index (χ2v) is 5.47. The maximum absolute atomic E-state index is 13.5. The largest absolute Gasteiger partial charge is 0.382 e. The van der Waals surface area contributed by atoms with E-state index in [-0.39, 0.29) is 6.61 Å². The molecule has 1 aliphatic heterocycles. The molecule has 15 heavy (non-hydrogen) atoms. The molecule has 5 atom stereocenters. The van der Waals surface area contributed by atoms with E-state index in [4.69, 9.17) is 18.9 Å². The summed E-state index contributed by atoms with van der Waals surface area (Å²) in [5.41, 5.74) is 0. The van der Waals surface area contributed by atoms with Gasteiger partial charge in [-0.25, -0.2) is 4.39 Å². The van der Waals surface area contributed by atoms with Crippen molar-refractivity contribution in [1.82, 2.24) is 0 Å². The van der Waals surface area contributed by atoms with Gasteiger partial charge < -0.3 is 14.4 Å². The molecule has 1 aliphatic rings. The van der Waals surface area contributed by atoms with Gasteiger partial charge in [-0.3, -0.25) is 9.09 Å². The molecule has 0 aromatic rings. The Bertz CT molecular complexity index is 260. The molecule has 1 rings (SSSR count). The lowest BCUT2D eigenvalue weighted by atomic mass is 9.94. The van der Waals surface area contributed by atoms with Crippen LogP contribution in [0.1, 0.15) is 0 Å². The van der Waals surface area contributed by atoms with E-state index >= 15 is 0 Å². The van der Waals surface area contributed by atoms with Gasteiger partial charge >= 0.3 is 7.60 Å². The number of hydrogen-bond acceptors (Lipinski definition) is 4. The topological polar surface area (TPSA) is 65.0 Å². The highest BCUT2D eigenvalue weighted by Crippen LogP contribution is 2.42. The minimum atomic E-state index is -3.72. The van der Waals surface area contributed by atoms with E-state index in [9.17, 15) is 8.96 Å². The lowest BCUT2D eigenvalue weighted by molar-refractivity contribution is -0.0131. The van der Waals surface area contributed by atoms with E-state index in [1.54, 1.807) is 7.85 Å². The molecule has 2 unspecified atom stereocenters. The molecule has 0 bridgehead atoms. The Labute approximate surface area is 88.8 Å². The van der Waals surface area contributed by atoms with Crippen LogP contribution in [-0.2, 0) is 18.6 Å². The maximum atomic E-state index is 13.5. The summed E-state index contributed by atoms with van der Waals surface area (Å²) < 4.78 is 39.4. The van der Waals surface area contributed by atoms with Crippen molar-refractivity contribution in [2.75, 3.05) is 20.4 Å². The average molecular weight is 240 g/mol. The van der Waals surface area contributed by atoms with Gasteiger partial charge in [-0.2, -0.15) is 0 Å². The Kier molecular flexibility index (Phi) is 4.32. The number of ether oxygens (including phenoxy) is 2. The van der Waals surface area contributed by atoms with Crippen molar-refractivity contribution in [2.24, 2.45) is 0 Å². The normalized spacial score (nSPS) is 40.3. The van der Waals surface area contributed by atoms with Gasteiger partial charge in [0.2, 0.25) is 0 Å². The van der Waals surface area contributed by atoms with Crippen LogP contribution in [0.3, 0.4) is 0 Å². The van der Waals surface area contributed by atoms with Crippen molar-refractivity contribution in [3.63, 3.8) is 0 Å². The highest BCUT2D eigenvalue weighted by atomic mass is 31.2. The van der Waals surface area contributed by atoms with Gasteiger partial charge in [0.05, 0.1) is 12.6 Å². The molecule has 5 nitrogen and oxygen atoms in total. The summed E-state index contributed by atoms with van der Waals surface area (Å²) >= 11 is 0. The van der Waals surface area contributed by atoms with Crippen molar-refractivity contribution in [3.05, 3.63) is 0 Å². The van der Waals surface area contributed by atoms with Crippen molar-refractivity contribution < 1.29 is 27.8 Å². The fraction of sp³-hybridized carbons (Fsp3) is 1.00. The van der Waals surface area contributed by atoms with Crippen LogP contribution in [-0.4, -0.2) is 57.5 Å². The predicted octanol–water partition coefficient (Wildman–Crippen LogP) is -0.471. The third-order valence-electron chi connectivity index (χ3n) is 2.17. The Morgan fingerprint density at radius 1 is 1.67 bits per heavy atom. The van der Waals surface area contributed by atoms with Gasteiger partial charge in [-0.05, 0) is 0 Å². The number of alkyl halides is 1. The van der Waals surface area contributed by atoms with E-state index in [1.165, 1.54) is 7.11 Å². The van der Waals surface area contributed by atoms with Gasteiger partial charge in [-0.15, -0.1) is 0 Å². The number of rotatable bonds is 4. The van der Waals surface area contributed by atoms with E-state index in [0.717, 1.165) is 6.66 Å². The molecular formula is C7H15BFO5P. The summed E-state index contributed by atoms with van der Waals surface area (Å²) in [6.07, 6.45) is -3.09. The Hall–Kier alpha value is 0.0649. The molecule has 0 saturated carbocycles. The van der Waals surface area contributed by atoms with Crippen LogP contribution in [0.25, 0.3) is 0 Å². The second-order valence-electron chi connectivity index (χ2n) is 3.65. The Morgan fingerprint density at radius 3 is 2.73 bits per heavy atom. The zero-order valence-corrected chi connectivity index (χ0v) is 9.82. The van der Waals surface area contributed by atoms with Gasteiger partial charge in [0.15, 0.2) is 0 Å². The molecule has 1 saturated heterocycles. The SMILES string of the molecule is B[C@@H]1O[C@H](COC)[C@H](OP(C)(=O)O)C1F. The van der Waals surface area contributed by atoms with Gasteiger partial charge in [0.1, 0.15) is 26.2 Å². The summed E-state index contributed by atoms with van der Waals surface area (Å²) in [6.45, 7) is 1.15. The van der Waals surface area contributed by atoms with E-state index in [2.05, 4.69) is 0 Å². The summed E-state index contributed by atoms with van der Waals surface area (Å²) in [5, 5.41) is 0. The molecule has 88 valence electrons. The quantitative estimate of drug-likeness (QED) is 0.531. The number of hydrogen-bond donors (Lipinski definition) is 1. The fourth-order valence-corrected chi connectivity index (χ4v) is 2.25. The minimum Gasteiger partial charge on any atom is -0.382 e. The lowest BCUT2D eigenvalue weighted by Crippen LogP contribution is -2.33. The molecule has 1 heterocycles. The van der Waals surface area contributed by atoms with Crippen LogP contribution < -0.4 is 0 Å². The molecule has 0 aromatic carbocycles. The smallest absolute Gasteiger partial charge is 0.325 e. The first kappa shape index (κ1) is 13.1. The summed E-state index contributed by atoms with van der Waals surface area (Å²) in [4.78, 5) is 9.04. The molecule has 1 fully saturated rings. The third kappa shape index (κ3) is 3.54. The summed E-state index contributed by atoms with van der Waals surface area (Å²) in [5.74, 6) is 0. The van der Waals surface area contributed by atoms with Crippen molar-refractivity contribution in [3.8, 4) is 0 Å². The first-order valence-electron chi connectivity index (χ1n) is 4.62.